The van der Waals surface area contributed by atoms with Crippen LogP contribution in [0.2, 0.25) is 0 Å². The molecule has 0 radical (unpaired) electrons. The van der Waals surface area contributed by atoms with Gasteiger partial charge in [0.15, 0.2) is 0 Å². The van der Waals surface area contributed by atoms with Crippen molar-refractivity contribution in [2.24, 2.45) is 5.92 Å². The van der Waals surface area contributed by atoms with E-state index in [-0.39, 0.29) is 10.8 Å². The van der Waals surface area contributed by atoms with Crippen molar-refractivity contribution in [3.63, 3.8) is 0 Å². The minimum atomic E-state index is -0.0530. The van der Waals surface area contributed by atoms with Crippen molar-refractivity contribution < 1.29 is 9.26 Å². The summed E-state index contributed by atoms with van der Waals surface area (Å²) in [6.07, 6.45) is 4.82. The lowest BCUT2D eigenvalue weighted by Gasteiger charge is -2.51. The zero-order chi connectivity index (χ0) is 16.4. The fraction of sp³-hybridized carbons (Fsp3) is 0.611. The lowest BCUT2D eigenvalue weighted by Crippen LogP contribution is -2.52. The molecule has 5 nitrogen and oxygen atoms in total. The highest BCUT2D eigenvalue weighted by Crippen LogP contribution is 2.56. The topological polar surface area (TPSA) is 61.0 Å². The highest BCUT2D eigenvalue weighted by atomic mass is 16.5. The van der Waals surface area contributed by atoms with E-state index in [1.807, 2.05) is 13.1 Å². The second-order valence-electron chi connectivity index (χ2n) is 7.69. The van der Waals surface area contributed by atoms with Gasteiger partial charge in [0.25, 0.3) is 0 Å². The Morgan fingerprint density at radius 2 is 2.04 bits per heavy atom. The van der Waals surface area contributed by atoms with E-state index in [0.717, 1.165) is 42.4 Å². The molecule has 0 aromatic carbocycles. The molecule has 23 heavy (non-hydrogen) atoms. The first-order valence-electron chi connectivity index (χ1n) is 8.24. The average molecular weight is 313 g/mol. The molecule has 0 saturated carbocycles. The van der Waals surface area contributed by atoms with E-state index in [1.165, 1.54) is 11.1 Å². The molecule has 0 aliphatic heterocycles. The van der Waals surface area contributed by atoms with Gasteiger partial charge < -0.3 is 9.26 Å². The summed E-state index contributed by atoms with van der Waals surface area (Å²) in [5, 5.41) is 4.06. The van der Waals surface area contributed by atoms with Gasteiger partial charge in [-0.1, -0.05) is 25.9 Å². The van der Waals surface area contributed by atoms with E-state index in [9.17, 15) is 0 Å². The average Bonchev–Trinajstić information content (AvgIpc) is 2.95. The molecule has 2 atom stereocenters. The molecule has 5 heteroatoms. The molecular formula is C18H23N3O2. The number of hydrogen-bond acceptors (Lipinski definition) is 5. The van der Waals surface area contributed by atoms with Crippen LogP contribution in [0.1, 0.15) is 55.6 Å². The minimum absolute atomic E-state index is 0.0450. The van der Waals surface area contributed by atoms with Crippen molar-refractivity contribution >= 4 is 0 Å². The van der Waals surface area contributed by atoms with Crippen molar-refractivity contribution in [2.45, 2.75) is 57.8 Å². The minimum Gasteiger partial charge on any atom is -0.481 e. The number of nitrogens with zero attached hydrogens (tertiary/aromatic N) is 3. The van der Waals surface area contributed by atoms with Crippen LogP contribution < -0.4 is 4.74 Å². The van der Waals surface area contributed by atoms with Crippen molar-refractivity contribution in [1.82, 2.24) is 15.1 Å². The molecule has 0 saturated heterocycles. The lowest BCUT2D eigenvalue weighted by atomic mass is 9.51. The Balaban J connectivity index is 1.96. The number of hydrogen-bond donors (Lipinski definition) is 0. The molecule has 2 heterocycles. The molecule has 2 aliphatic rings. The van der Waals surface area contributed by atoms with E-state index < -0.39 is 0 Å². The van der Waals surface area contributed by atoms with Crippen LogP contribution in [-0.4, -0.2) is 22.2 Å². The zero-order valence-electron chi connectivity index (χ0n) is 14.4. The number of methoxy groups -OCH3 is 1. The van der Waals surface area contributed by atoms with Crippen molar-refractivity contribution in [3.8, 4) is 5.88 Å². The Morgan fingerprint density at radius 1 is 1.26 bits per heavy atom. The molecule has 0 unspecified atom stereocenters. The number of aromatic nitrogens is 3. The summed E-state index contributed by atoms with van der Waals surface area (Å²) >= 11 is 0. The zero-order valence-corrected chi connectivity index (χ0v) is 14.4. The molecule has 2 aromatic rings. The first-order chi connectivity index (χ1) is 10.9. The monoisotopic (exact) mass is 313 g/mol. The Hall–Kier alpha value is -1.91. The van der Waals surface area contributed by atoms with Crippen LogP contribution in [0.15, 0.2) is 10.7 Å². The van der Waals surface area contributed by atoms with Crippen molar-refractivity contribution in [3.05, 3.63) is 34.6 Å². The maximum atomic E-state index is 5.61. The lowest BCUT2D eigenvalue weighted by molar-refractivity contribution is 0.107. The highest BCUT2D eigenvalue weighted by Gasteiger charge is 2.55. The molecule has 4 rings (SSSR count). The molecular weight excluding hydrogens is 290 g/mol. The van der Waals surface area contributed by atoms with E-state index >= 15 is 0 Å². The Bertz CT molecular complexity index is 781. The van der Waals surface area contributed by atoms with Crippen LogP contribution in [0.25, 0.3) is 0 Å². The third-order valence-electron chi connectivity index (χ3n) is 5.93. The number of fused-ring (bicyclic) bond motifs is 4. The van der Waals surface area contributed by atoms with E-state index in [0.29, 0.717) is 5.92 Å². The van der Waals surface area contributed by atoms with Gasteiger partial charge in [0, 0.05) is 22.0 Å². The second-order valence-corrected chi connectivity index (χ2v) is 7.69. The standard InChI is InChI=1S/C18H23N3O2/c1-10-20-14-12(16(21-10)22-5)6-7-13-17(2,3)15-11(9-19-23-15)8-18(13,14)4/h9,13H,6-8H2,1-5H3/t13-,18-/m0/s1. The summed E-state index contributed by atoms with van der Waals surface area (Å²) in [7, 11) is 1.69. The molecule has 0 fully saturated rings. The predicted octanol–water partition coefficient (Wildman–Crippen LogP) is 3.14. The van der Waals surface area contributed by atoms with E-state index in [2.05, 4.69) is 30.9 Å². The van der Waals surface area contributed by atoms with Crippen molar-refractivity contribution in [1.29, 1.82) is 0 Å². The van der Waals surface area contributed by atoms with Gasteiger partial charge >= 0.3 is 0 Å². The van der Waals surface area contributed by atoms with Crippen LogP contribution in [0.3, 0.4) is 0 Å². The number of rotatable bonds is 1. The van der Waals surface area contributed by atoms with Gasteiger partial charge in [-0.25, -0.2) is 4.98 Å². The first kappa shape index (κ1) is 14.7. The summed E-state index contributed by atoms with van der Waals surface area (Å²) in [6, 6.07) is 0. The normalized spacial score (nSPS) is 27.8. The van der Waals surface area contributed by atoms with Gasteiger partial charge in [-0.3, -0.25) is 0 Å². The smallest absolute Gasteiger partial charge is 0.219 e. The van der Waals surface area contributed by atoms with Gasteiger partial charge in [0.2, 0.25) is 5.88 Å². The summed E-state index contributed by atoms with van der Waals surface area (Å²) in [5.74, 6) is 3.01. The summed E-state index contributed by atoms with van der Waals surface area (Å²) in [5.41, 5.74) is 3.43. The molecule has 0 amide bonds. The molecule has 0 bridgehead atoms. The van der Waals surface area contributed by atoms with E-state index in [1.54, 1.807) is 7.11 Å². The van der Waals surface area contributed by atoms with E-state index in [4.69, 9.17) is 14.2 Å². The molecule has 2 aromatic heterocycles. The van der Waals surface area contributed by atoms with Gasteiger partial charge in [-0.05, 0) is 32.1 Å². The second kappa shape index (κ2) is 4.56. The van der Waals surface area contributed by atoms with Crippen LogP contribution in [-0.2, 0) is 23.7 Å². The maximum absolute atomic E-state index is 5.61. The van der Waals surface area contributed by atoms with Crippen molar-refractivity contribution in [2.75, 3.05) is 7.11 Å². The third kappa shape index (κ3) is 1.82. The summed E-state index contributed by atoms with van der Waals surface area (Å²) < 4.78 is 11.2. The number of aryl methyl sites for hydroxylation is 1. The SMILES string of the molecule is COc1nc(C)nc2c1CC[C@H]1C(C)(C)c3oncc3C[C@]21C. The highest BCUT2D eigenvalue weighted by molar-refractivity contribution is 5.44. The molecule has 0 spiro atoms. The molecule has 2 aliphatic carbocycles. The van der Waals surface area contributed by atoms with Crippen LogP contribution >= 0.6 is 0 Å². The number of ether oxygens (including phenoxy) is 1. The first-order valence-corrected chi connectivity index (χ1v) is 8.24. The maximum Gasteiger partial charge on any atom is 0.219 e. The third-order valence-corrected chi connectivity index (χ3v) is 5.93. The van der Waals surface area contributed by atoms with Crippen LogP contribution in [0, 0.1) is 12.8 Å². The van der Waals surface area contributed by atoms with Gasteiger partial charge in [0.1, 0.15) is 11.6 Å². The molecule has 122 valence electrons. The van der Waals surface area contributed by atoms with Crippen LogP contribution in [0.4, 0.5) is 0 Å². The fourth-order valence-corrected chi connectivity index (χ4v) is 5.04. The molecule has 0 N–H and O–H groups in total. The largest absolute Gasteiger partial charge is 0.481 e. The Kier molecular flexibility index (Phi) is 2.91. The van der Waals surface area contributed by atoms with Gasteiger partial charge in [0.05, 0.1) is 19.0 Å². The quantitative estimate of drug-likeness (QED) is 0.809. The predicted molar refractivity (Wildman–Crippen MR) is 85.7 cm³/mol. The van der Waals surface area contributed by atoms with Gasteiger partial charge in [-0.15, -0.1) is 0 Å². The summed E-state index contributed by atoms with van der Waals surface area (Å²) in [6.45, 7) is 8.82. The Morgan fingerprint density at radius 3 is 2.78 bits per heavy atom. The van der Waals surface area contributed by atoms with Crippen LogP contribution in [0.5, 0.6) is 5.88 Å². The fourth-order valence-electron chi connectivity index (χ4n) is 5.04. The van der Waals surface area contributed by atoms with Gasteiger partial charge in [-0.2, -0.15) is 4.98 Å². The summed E-state index contributed by atoms with van der Waals surface area (Å²) in [4.78, 5) is 9.34. The Labute approximate surface area is 136 Å².